The number of amides is 1. The molecular formula is C27H33ClN6O2. The van der Waals surface area contributed by atoms with Crippen molar-refractivity contribution in [3.05, 3.63) is 65.2 Å². The van der Waals surface area contributed by atoms with Crippen LogP contribution >= 0.6 is 11.6 Å². The second kappa shape index (κ2) is 11.6. The number of hydrogen-bond donors (Lipinski definition) is 3. The molecule has 0 radical (unpaired) electrons. The van der Waals surface area contributed by atoms with Gasteiger partial charge < -0.3 is 30.9 Å². The van der Waals surface area contributed by atoms with E-state index in [0.29, 0.717) is 28.4 Å². The summed E-state index contributed by atoms with van der Waals surface area (Å²) in [5.41, 5.74) is 9.30. The van der Waals surface area contributed by atoms with E-state index in [2.05, 4.69) is 27.1 Å². The fourth-order valence-corrected chi connectivity index (χ4v) is 4.37. The largest absolute Gasteiger partial charge is 0.507 e. The summed E-state index contributed by atoms with van der Waals surface area (Å²) in [7, 11) is 4.07. The molecule has 1 aliphatic rings. The first-order valence-corrected chi connectivity index (χ1v) is 12.5. The van der Waals surface area contributed by atoms with Crippen molar-refractivity contribution >= 4 is 34.7 Å². The van der Waals surface area contributed by atoms with Gasteiger partial charge in [-0.25, -0.2) is 4.98 Å². The molecule has 4 N–H and O–H groups in total. The van der Waals surface area contributed by atoms with Gasteiger partial charge in [0, 0.05) is 61.7 Å². The molecule has 1 saturated heterocycles. The number of carbonyl (C=O) groups is 1. The minimum absolute atomic E-state index is 0.0799. The van der Waals surface area contributed by atoms with Crippen LogP contribution in [0.2, 0.25) is 5.02 Å². The van der Waals surface area contributed by atoms with Gasteiger partial charge in [-0.05, 0) is 74.6 Å². The monoisotopic (exact) mass is 508 g/mol. The predicted octanol–water partition coefficient (Wildman–Crippen LogP) is 3.83. The van der Waals surface area contributed by atoms with Crippen LogP contribution in [0.4, 0.5) is 17.2 Å². The van der Waals surface area contributed by atoms with Gasteiger partial charge in [-0.3, -0.25) is 4.79 Å². The summed E-state index contributed by atoms with van der Waals surface area (Å²) >= 11 is 6.01. The standard InChI is InChI=1S/C27H33ClN6O2/c1-32-14-16-34(17-15-32)13-3-12-30-27(36)22-9-10-24(31-26(22)29)23-18-21(8-11-25(23)35)33(2)20-6-4-19(28)5-7-20/h4-11,18,35H,3,12-17H2,1-2H3,(H2,29,31)(H,30,36). The average Bonchev–Trinajstić information content (AvgIpc) is 2.88. The number of anilines is 3. The molecule has 3 aromatic rings. The molecule has 1 fully saturated rings. The lowest BCUT2D eigenvalue weighted by Gasteiger charge is -2.32. The second-order valence-corrected chi connectivity index (χ2v) is 9.56. The zero-order valence-electron chi connectivity index (χ0n) is 20.7. The maximum Gasteiger partial charge on any atom is 0.255 e. The third-order valence-electron chi connectivity index (χ3n) is 6.56. The number of nitrogens with zero attached hydrogens (tertiary/aromatic N) is 4. The summed E-state index contributed by atoms with van der Waals surface area (Å²) in [5, 5.41) is 14.1. The van der Waals surface area contributed by atoms with E-state index in [1.54, 1.807) is 18.2 Å². The molecule has 36 heavy (non-hydrogen) atoms. The van der Waals surface area contributed by atoms with E-state index >= 15 is 0 Å². The van der Waals surface area contributed by atoms with Crippen LogP contribution < -0.4 is 16.0 Å². The van der Waals surface area contributed by atoms with E-state index in [1.165, 1.54) is 0 Å². The normalized spacial score (nSPS) is 14.5. The molecule has 0 aliphatic carbocycles. The van der Waals surface area contributed by atoms with Gasteiger partial charge in [0.1, 0.15) is 11.6 Å². The minimum atomic E-state index is -0.245. The van der Waals surface area contributed by atoms with Crippen molar-refractivity contribution in [2.75, 3.05) is 64.0 Å². The van der Waals surface area contributed by atoms with Crippen LogP contribution in [0.1, 0.15) is 16.8 Å². The number of benzene rings is 2. The number of phenolic OH excluding ortho intramolecular Hbond substituents is 1. The maximum absolute atomic E-state index is 12.7. The van der Waals surface area contributed by atoms with Crippen LogP contribution in [0.15, 0.2) is 54.6 Å². The van der Waals surface area contributed by atoms with Gasteiger partial charge in [0.15, 0.2) is 0 Å². The molecule has 0 bridgehead atoms. The van der Waals surface area contributed by atoms with Gasteiger partial charge >= 0.3 is 0 Å². The van der Waals surface area contributed by atoms with Crippen molar-refractivity contribution in [1.82, 2.24) is 20.1 Å². The van der Waals surface area contributed by atoms with Crippen molar-refractivity contribution in [3.63, 3.8) is 0 Å². The molecule has 0 unspecified atom stereocenters. The molecule has 2 heterocycles. The molecule has 2 aromatic carbocycles. The van der Waals surface area contributed by atoms with Gasteiger partial charge in [0.2, 0.25) is 0 Å². The van der Waals surface area contributed by atoms with E-state index in [-0.39, 0.29) is 17.5 Å². The Kier molecular flexibility index (Phi) is 8.30. The van der Waals surface area contributed by atoms with Crippen molar-refractivity contribution in [2.45, 2.75) is 6.42 Å². The van der Waals surface area contributed by atoms with E-state index in [0.717, 1.165) is 50.5 Å². The topological polar surface area (TPSA) is 98.0 Å². The van der Waals surface area contributed by atoms with Crippen molar-refractivity contribution in [2.24, 2.45) is 0 Å². The highest BCUT2D eigenvalue weighted by molar-refractivity contribution is 6.30. The Balaban J connectivity index is 1.40. The number of carbonyl (C=O) groups excluding carboxylic acids is 1. The number of hydrogen-bond acceptors (Lipinski definition) is 7. The number of aromatic hydroxyl groups is 1. The smallest absolute Gasteiger partial charge is 0.255 e. The molecule has 4 rings (SSSR count). The third kappa shape index (κ3) is 6.26. The molecule has 9 heteroatoms. The maximum atomic E-state index is 12.7. The molecular weight excluding hydrogens is 476 g/mol. The first-order chi connectivity index (χ1) is 17.3. The number of halogens is 1. The number of phenols is 1. The first kappa shape index (κ1) is 25.8. The number of piperazine rings is 1. The summed E-state index contributed by atoms with van der Waals surface area (Å²) in [5.74, 6) is -0.0402. The highest BCUT2D eigenvalue weighted by atomic mass is 35.5. The summed E-state index contributed by atoms with van der Waals surface area (Å²) in [6.45, 7) is 5.82. The summed E-state index contributed by atoms with van der Waals surface area (Å²) < 4.78 is 0. The van der Waals surface area contributed by atoms with E-state index in [4.69, 9.17) is 17.3 Å². The Labute approximate surface area is 217 Å². The fraction of sp³-hybridized carbons (Fsp3) is 0.333. The van der Waals surface area contributed by atoms with Crippen LogP contribution in [0.5, 0.6) is 5.75 Å². The molecule has 1 aromatic heterocycles. The van der Waals surface area contributed by atoms with Crippen LogP contribution in [-0.2, 0) is 0 Å². The molecule has 0 atom stereocenters. The summed E-state index contributed by atoms with van der Waals surface area (Å²) in [6.07, 6.45) is 0.878. The highest BCUT2D eigenvalue weighted by Gasteiger charge is 2.16. The molecule has 0 saturated carbocycles. The number of rotatable bonds is 8. The second-order valence-electron chi connectivity index (χ2n) is 9.12. The lowest BCUT2D eigenvalue weighted by Crippen LogP contribution is -2.45. The molecule has 1 amide bonds. The summed E-state index contributed by atoms with van der Waals surface area (Å²) in [4.78, 5) is 23.8. The number of likely N-dealkylation sites (N-methyl/N-ethyl adjacent to an activating group) is 1. The minimum Gasteiger partial charge on any atom is -0.507 e. The Morgan fingerprint density at radius 3 is 2.47 bits per heavy atom. The predicted molar refractivity (Wildman–Crippen MR) is 146 cm³/mol. The lowest BCUT2D eigenvalue weighted by atomic mass is 10.1. The lowest BCUT2D eigenvalue weighted by molar-refractivity contribution is 0.0950. The molecule has 8 nitrogen and oxygen atoms in total. The summed E-state index contributed by atoms with van der Waals surface area (Å²) in [6, 6.07) is 16.1. The van der Waals surface area contributed by atoms with Crippen molar-refractivity contribution in [1.29, 1.82) is 0 Å². The molecule has 0 spiro atoms. The zero-order valence-corrected chi connectivity index (χ0v) is 21.5. The average molecular weight is 509 g/mol. The molecule has 190 valence electrons. The Hall–Kier alpha value is -3.33. The van der Waals surface area contributed by atoms with E-state index in [9.17, 15) is 9.90 Å². The van der Waals surface area contributed by atoms with Gasteiger partial charge in [0.05, 0.1) is 11.3 Å². The number of nitrogens with two attached hydrogens (primary N) is 1. The van der Waals surface area contributed by atoms with Crippen LogP contribution in [-0.4, -0.2) is 79.2 Å². The van der Waals surface area contributed by atoms with Crippen LogP contribution in [0, 0.1) is 0 Å². The fourth-order valence-electron chi connectivity index (χ4n) is 4.24. The zero-order chi connectivity index (χ0) is 25.7. The van der Waals surface area contributed by atoms with Crippen molar-refractivity contribution < 1.29 is 9.90 Å². The van der Waals surface area contributed by atoms with Gasteiger partial charge in [0.25, 0.3) is 5.91 Å². The number of nitrogen functional groups attached to an aromatic ring is 1. The van der Waals surface area contributed by atoms with Gasteiger partial charge in [-0.2, -0.15) is 0 Å². The number of aromatic nitrogens is 1. The first-order valence-electron chi connectivity index (χ1n) is 12.1. The van der Waals surface area contributed by atoms with E-state index in [1.807, 2.05) is 48.3 Å². The van der Waals surface area contributed by atoms with Crippen molar-refractivity contribution in [3.8, 4) is 17.0 Å². The number of nitrogens with one attached hydrogen (secondary N) is 1. The SMILES string of the molecule is CN1CCN(CCCNC(=O)c2ccc(-c3cc(N(C)c4ccc(Cl)cc4)ccc3O)nc2N)CC1. The van der Waals surface area contributed by atoms with Crippen LogP contribution in [0.3, 0.4) is 0 Å². The number of pyridine rings is 1. The van der Waals surface area contributed by atoms with Gasteiger partial charge in [-0.1, -0.05) is 11.6 Å². The Bertz CT molecular complexity index is 1200. The van der Waals surface area contributed by atoms with E-state index < -0.39 is 0 Å². The Morgan fingerprint density at radius 2 is 1.78 bits per heavy atom. The highest BCUT2D eigenvalue weighted by Crippen LogP contribution is 2.35. The Morgan fingerprint density at radius 1 is 1.08 bits per heavy atom. The third-order valence-corrected chi connectivity index (χ3v) is 6.81. The molecule has 1 aliphatic heterocycles. The quantitative estimate of drug-likeness (QED) is 0.398. The van der Waals surface area contributed by atoms with Gasteiger partial charge in [-0.15, -0.1) is 0 Å². The van der Waals surface area contributed by atoms with Crippen LogP contribution in [0.25, 0.3) is 11.3 Å².